The van der Waals surface area contributed by atoms with Crippen LogP contribution in [0.4, 0.5) is 4.79 Å². The van der Waals surface area contributed by atoms with Gasteiger partial charge in [-0.3, -0.25) is 0 Å². The molecule has 1 fully saturated rings. The van der Waals surface area contributed by atoms with Crippen LogP contribution in [0, 0.1) is 0 Å². The van der Waals surface area contributed by atoms with E-state index in [0.717, 1.165) is 6.20 Å². The standard InChI is InChI=1S/C15H21N3O5/c1-15(2,3)23-14(21)18-6-4-10(5-7-18)22-12-9-16-11(8-17-12)13(19)20/h8-10H,4-7H2,1-3H3,(H,19,20). The van der Waals surface area contributed by atoms with Crippen molar-refractivity contribution in [2.75, 3.05) is 13.1 Å². The van der Waals surface area contributed by atoms with Crippen LogP contribution in [-0.2, 0) is 4.74 Å². The van der Waals surface area contributed by atoms with Crippen LogP contribution in [0.25, 0.3) is 0 Å². The summed E-state index contributed by atoms with van der Waals surface area (Å²) in [5, 5.41) is 8.77. The van der Waals surface area contributed by atoms with Gasteiger partial charge in [-0.2, -0.15) is 0 Å². The molecule has 0 radical (unpaired) electrons. The Hall–Kier alpha value is -2.38. The van der Waals surface area contributed by atoms with Crippen molar-refractivity contribution >= 4 is 12.1 Å². The summed E-state index contributed by atoms with van der Waals surface area (Å²) in [6.45, 7) is 6.58. The van der Waals surface area contributed by atoms with Crippen molar-refractivity contribution in [3.8, 4) is 5.88 Å². The fourth-order valence-corrected chi connectivity index (χ4v) is 2.14. The topological polar surface area (TPSA) is 102 Å². The van der Waals surface area contributed by atoms with Crippen LogP contribution in [0.2, 0.25) is 0 Å². The van der Waals surface area contributed by atoms with Gasteiger partial charge in [-0.05, 0) is 20.8 Å². The summed E-state index contributed by atoms with van der Waals surface area (Å²) >= 11 is 0. The van der Waals surface area contributed by atoms with Gasteiger partial charge in [0.2, 0.25) is 5.88 Å². The average molecular weight is 323 g/mol. The second-order valence-corrected chi connectivity index (χ2v) is 6.33. The lowest BCUT2D eigenvalue weighted by molar-refractivity contribution is 0.0122. The first-order chi connectivity index (χ1) is 10.7. The molecule has 1 saturated heterocycles. The maximum absolute atomic E-state index is 12.0. The third kappa shape index (κ3) is 5.08. The monoisotopic (exact) mass is 323 g/mol. The Bertz CT molecular complexity index is 559. The van der Waals surface area contributed by atoms with Crippen molar-refractivity contribution in [3.05, 3.63) is 18.1 Å². The molecule has 1 aromatic heterocycles. The van der Waals surface area contributed by atoms with Crippen molar-refractivity contribution in [1.29, 1.82) is 0 Å². The van der Waals surface area contributed by atoms with E-state index in [1.807, 2.05) is 20.8 Å². The minimum Gasteiger partial charge on any atom is -0.476 e. The molecule has 0 aliphatic carbocycles. The summed E-state index contributed by atoms with van der Waals surface area (Å²) in [5.74, 6) is -0.847. The van der Waals surface area contributed by atoms with Gasteiger partial charge in [-0.1, -0.05) is 0 Å². The predicted octanol–water partition coefficient (Wildman–Crippen LogP) is 1.95. The van der Waals surface area contributed by atoms with Crippen LogP contribution in [0.5, 0.6) is 5.88 Å². The summed E-state index contributed by atoms with van der Waals surface area (Å²) in [4.78, 5) is 32.0. The lowest BCUT2D eigenvalue weighted by atomic mass is 10.1. The third-order valence-electron chi connectivity index (χ3n) is 3.23. The van der Waals surface area contributed by atoms with Gasteiger partial charge in [-0.15, -0.1) is 0 Å². The number of hydrogen-bond donors (Lipinski definition) is 1. The number of ether oxygens (including phenoxy) is 2. The number of nitrogens with zero attached hydrogens (tertiary/aromatic N) is 3. The van der Waals surface area contributed by atoms with Crippen molar-refractivity contribution in [2.24, 2.45) is 0 Å². The highest BCUT2D eigenvalue weighted by Crippen LogP contribution is 2.19. The largest absolute Gasteiger partial charge is 0.476 e. The Balaban J connectivity index is 1.82. The maximum atomic E-state index is 12.0. The molecule has 1 aliphatic rings. The number of rotatable bonds is 3. The number of carbonyl (C=O) groups excluding carboxylic acids is 1. The lowest BCUT2D eigenvalue weighted by Crippen LogP contribution is -2.44. The Labute approximate surface area is 134 Å². The number of piperidine rings is 1. The third-order valence-corrected chi connectivity index (χ3v) is 3.23. The highest BCUT2D eigenvalue weighted by atomic mass is 16.6. The molecule has 8 nitrogen and oxygen atoms in total. The number of hydrogen-bond acceptors (Lipinski definition) is 6. The zero-order chi connectivity index (χ0) is 17.0. The van der Waals surface area contributed by atoms with E-state index in [-0.39, 0.29) is 23.8 Å². The van der Waals surface area contributed by atoms with Crippen LogP contribution in [0.1, 0.15) is 44.1 Å². The maximum Gasteiger partial charge on any atom is 0.410 e. The molecule has 1 amide bonds. The highest BCUT2D eigenvalue weighted by Gasteiger charge is 2.27. The number of carbonyl (C=O) groups is 2. The van der Waals surface area contributed by atoms with E-state index in [2.05, 4.69) is 9.97 Å². The van der Waals surface area contributed by atoms with Crippen molar-refractivity contribution in [3.63, 3.8) is 0 Å². The van der Waals surface area contributed by atoms with Gasteiger partial charge in [0, 0.05) is 25.9 Å². The fraction of sp³-hybridized carbons (Fsp3) is 0.600. The summed E-state index contributed by atoms with van der Waals surface area (Å²) in [6, 6.07) is 0. The van der Waals surface area contributed by atoms with E-state index in [4.69, 9.17) is 14.6 Å². The Morgan fingerprint density at radius 1 is 1.22 bits per heavy atom. The second kappa shape index (κ2) is 6.80. The minimum atomic E-state index is -1.13. The number of likely N-dealkylation sites (tertiary alicyclic amines) is 1. The number of carboxylic acid groups (broad SMARTS) is 1. The molecule has 1 aromatic rings. The number of carboxylic acids is 1. The normalized spacial score (nSPS) is 16.0. The van der Waals surface area contributed by atoms with Gasteiger partial charge in [-0.25, -0.2) is 19.6 Å². The molecule has 0 bridgehead atoms. The number of aromatic nitrogens is 2. The van der Waals surface area contributed by atoms with Crippen LogP contribution < -0.4 is 4.74 Å². The molecule has 1 aliphatic heterocycles. The fourth-order valence-electron chi connectivity index (χ4n) is 2.14. The van der Waals surface area contributed by atoms with Gasteiger partial charge in [0.1, 0.15) is 11.7 Å². The van der Waals surface area contributed by atoms with E-state index in [1.54, 1.807) is 4.90 Å². The minimum absolute atomic E-state index is 0.0846. The van der Waals surface area contributed by atoms with E-state index in [9.17, 15) is 9.59 Å². The van der Waals surface area contributed by atoms with Crippen molar-refractivity contribution in [1.82, 2.24) is 14.9 Å². The second-order valence-electron chi connectivity index (χ2n) is 6.33. The van der Waals surface area contributed by atoms with Gasteiger partial charge in [0.25, 0.3) is 0 Å². The molecule has 0 saturated carbocycles. The predicted molar refractivity (Wildman–Crippen MR) is 80.4 cm³/mol. The molecule has 2 rings (SSSR count). The van der Waals surface area contributed by atoms with Gasteiger partial charge in [0.15, 0.2) is 5.69 Å². The van der Waals surface area contributed by atoms with Gasteiger partial charge < -0.3 is 19.5 Å². The molecule has 0 spiro atoms. The number of aromatic carboxylic acids is 1. The first kappa shape index (κ1) is 17.0. The molecule has 23 heavy (non-hydrogen) atoms. The Morgan fingerprint density at radius 3 is 2.35 bits per heavy atom. The smallest absolute Gasteiger partial charge is 0.410 e. The number of amides is 1. The first-order valence-electron chi connectivity index (χ1n) is 7.44. The molecule has 0 aromatic carbocycles. The quantitative estimate of drug-likeness (QED) is 0.907. The van der Waals surface area contributed by atoms with Gasteiger partial charge >= 0.3 is 12.1 Å². The van der Waals surface area contributed by atoms with E-state index < -0.39 is 11.6 Å². The molecular formula is C15H21N3O5. The average Bonchev–Trinajstić information content (AvgIpc) is 2.46. The van der Waals surface area contributed by atoms with E-state index in [0.29, 0.717) is 25.9 Å². The summed E-state index contributed by atoms with van der Waals surface area (Å²) in [6.07, 6.45) is 3.36. The molecule has 0 atom stereocenters. The molecule has 2 heterocycles. The highest BCUT2D eigenvalue weighted by molar-refractivity contribution is 5.84. The van der Waals surface area contributed by atoms with Crippen molar-refractivity contribution in [2.45, 2.75) is 45.3 Å². The molecule has 1 N–H and O–H groups in total. The lowest BCUT2D eigenvalue weighted by Gasteiger charge is -2.33. The molecule has 126 valence electrons. The van der Waals surface area contributed by atoms with Crippen LogP contribution in [0.3, 0.4) is 0 Å². The SMILES string of the molecule is CC(C)(C)OC(=O)N1CCC(Oc2cnc(C(=O)O)cn2)CC1. The molecular weight excluding hydrogens is 302 g/mol. The first-order valence-corrected chi connectivity index (χ1v) is 7.44. The summed E-state index contributed by atoms with van der Waals surface area (Å²) in [7, 11) is 0. The van der Waals surface area contributed by atoms with Crippen LogP contribution >= 0.6 is 0 Å². The van der Waals surface area contributed by atoms with Crippen LogP contribution in [0.15, 0.2) is 12.4 Å². The zero-order valence-electron chi connectivity index (χ0n) is 13.5. The molecule has 8 heteroatoms. The van der Waals surface area contributed by atoms with E-state index >= 15 is 0 Å². The zero-order valence-corrected chi connectivity index (χ0v) is 13.5. The summed E-state index contributed by atoms with van der Waals surface area (Å²) < 4.78 is 11.0. The Kier molecular flexibility index (Phi) is 5.02. The van der Waals surface area contributed by atoms with Crippen molar-refractivity contribution < 1.29 is 24.2 Å². The van der Waals surface area contributed by atoms with Crippen LogP contribution in [-0.4, -0.2) is 56.8 Å². The summed E-state index contributed by atoms with van der Waals surface area (Å²) in [5.41, 5.74) is -0.636. The molecule has 0 unspecified atom stereocenters. The van der Waals surface area contributed by atoms with E-state index in [1.165, 1.54) is 6.20 Å². The van der Waals surface area contributed by atoms with Gasteiger partial charge in [0.05, 0.1) is 12.4 Å². The Morgan fingerprint density at radius 2 is 1.87 bits per heavy atom.